The molecule has 2 aromatic heterocycles. The number of anilines is 1. The summed E-state index contributed by atoms with van der Waals surface area (Å²) in [6.07, 6.45) is 4.47. The minimum Gasteiger partial charge on any atom is -0.375 e. The number of hydrogen-bond donors (Lipinski definition) is 1. The zero-order valence-corrected chi connectivity index (χ0v) is 11.1. The number of nitrogens with zero attached hydrogens (tertiary/aromatic N) is 2. The summed E-state index contributed by atoms with van der Waals surface area (Å²) in [5, 5.41) is 0.609. The third-order valence-corrected chi connectivity index (χ3v) is 3.73. The molecule has 4 heteroatoms. The van der Waals surface area contributed by atoms with Gasteiger partial charge in [-0.1, -0.05) is 36.4 Å². The molecule has 19 heavy (non-hydrogen) atoms. The number of benzene rings is 1. The molecule has 3 aromatic rings. The van der Waals surface area contributed by atoms with Crippen LogP contribution < -0.4 is 5.73 Å². The van der Waals surface area contributed by atoms with E-state index in [0.717, 1.165) is 17.7 Å². The van der Waals surface area contributed by atoms with Gasteiger partial charge in [0.2, 0.25) is 0 Å². The van der Waals surface area contributed by atoms with E-state index >= 15 is 0 Å². The third kappa shape index (κ3) is 2.63. The summed E-state index contributed by atoms with van der Waals surface area (Å²) in [6.45, 7) is 0. The smallest absolute Gasteiger partial charge is 0.180 e. The van der Waals surface area contributed by atoms with Gasteiger partial charge < -0.3 is 5.73 Å². The highest BCUT2D eigenvalue weighted by Crippen LogP contribution is 2.31. The van der Waals surface area contributed by atoms with Gasteiger partial charge in [-0.2, -0.15) is 0 Å². The van der Waals surface area contributed by atoms with Crippen LogP contribution in [-0.2, 0) is 6.42 Å². The van der Waals surface area contributed by atoms with Gasteiger partial charge in [0.25, 0.3) is 0 Å². The van der Waals surface area contributed by atoms with Crippen LogP contribution in [0.15, 0.2) is 54.9 Å². The molecule has 3 nitrogen and oxygen atoms in total. The molecule has 0 aliphatic carbocycles. The summed E-state index contributed by atoms with van der Waals surface area (Å²) in [5.41, 5.74) is 9.12. The molecule has 0 bridgehead atoms. The second-order valence-electron chi connectivity index (χ2n) is 4.23. The largest absolute Gasteiger partial charge is 0.375 e. The summed E-state index contributed by atoms with van der Waals surface area (Å²) in [5.74, 6) is 0. The van der Waals surface area contributed by atoms with Crippen molar-refractivity contribution in [1.82, 2.24) is 9.97 Å². The molecule has 2 N–H and O–H groups in total. The average Bonchev–Trinajstić information content (AvgIpc) is 2.82. The van der Waals surface area contributed by atoms with Crippen molar-refractivity contribution in [2.75, 3.05) is 5.73 Å². The Morgan fingerprint density at radius 1 is 1.05 bits per heavy atom. The summed E-state index contributed by atoms with van der Waals surface area (Å²) < 4.78 is 0. The lowest BCUT2D eigenvalue weighted by Crippen LogP contribution is -1.89. The van der Waals surface area contributed by atoms with Gasteiger partial charge in [-0.3, -0.25) is 4.98 Å². The number of hydrogen-bond acceptors (Lipinski definition) is 4. The van der Waals surface area contributed by atoms with Crippen molar-refractivity contribution < 1.29 is 0 Å². The van der Waals surface area contributed by atoms with Gasteiger partial charge in [-0.15, -0.1) is 11.3 Å². The minimum absolute atomic E-state index is 0.609. The summed E-state index contributed by atoms with van der Waals surface area (Å²) in [7, 11) is 0. The fraction of sp³-hybridized carbons (Fsp3) is 0.0667. The van der Waals surface area contributed by atoms with Gasteiger partial charge >= 0.3 is 0 Å². The first-order chi connectivity index (χ1) is 9.33. The maximum atomic E-state index is 5.86. The number of pyridine rings is 1. The first-order valence-corrected chi connectivity index (χ1v) is 6.84. The summed E-state index contributed by atoms with van der Waals surface area (Å²) in [6, 6.07) is 14.2. The molecule has 0 amide bonds. The minimum atomic E-state index is 0.609. The Hall–Kier alpha value is -2.20. The lowest BCUT2D eigenvalue weighted by atomic mass is 10.1. The normalized spacial score (nSPS) is 10.5. The lowest BCUT2D eigenvalue weighted by Gasteiger charge is -2.02. The highest BCUT2D eigenvalue weighted by molar-refractivity contribution is 7.15. The number of nitrogen functional groups attached to an aromatic ring is 1. The first kappa shape index (κ1) is 11.9. The van der Waals surface area contributed by atoms with Gasteiger partial charge in [0.15, 0.2) is 5.13 Å². The van der Waals surface area contributed by atoms with E-state index in [-0.39, 0.29) is 0 Å². The number of thiazole rings is 1. The van der Waals surface area contributed by atoms with Crippen LogP contribution in [0.2, 0.25) is 0 Å². The topological polar surface area (TPSA) is 51.8 Å². The monoisotopic (exact) mass is 267 g/mol. The highest BCUT2D eigenvalue weighted by Gasteiger charge is 2.12. The standard InChI is InChI=1S/C15H13N3S/c16-15-18-14(12-6-2-1-3-7-12)13(19-15)9-11-5-4-8-17-10-11/h1-8,10H,9H2,(H2,16,18). The molecule has 2 heterocycles. The van der Waals surface area contributed by atoms with Crippen LogP contribution in [0.5, 0.6) is 0 Å². The molecule has 0 aliphatic rings. The molecule has 0 fully saturated rings. The SMILES string of the molecule is Nc1nc(-c2ccccc2)c(Cc2cccnc2)s1. The van der Waals surface area contributed by atoms with Crippen molar-refractivity contribution in [2.24, 2.45) is 0 Å². The molecule has 0 unspecified atom stereocenters. The Morgan fingerprint density at radius 3 is 2.63 bits per heavy atom. The van der Waals surface area contributed by atoms with Crippen LogP contribution in [0.4, 0.5) is 5.13 Å². The zero-order valence-electron chi connectivity index (χ0n) is 10.3. The molecular weight excluding hydrogens is 254 g/mol. The van der Waals surface area contributed by atoms with Crippen LogP contribution in [0.25, 0.3) is 11.3 Å². The second-order valence-corrected chi connectivity index (χ2v) is 5.34. The molecular formula is C15H13N3S. The van der Waals surface area contributed by atoms with Crippen LogP contribution in [0.3, 0.4) is 0 Å². The molecule has 0 saturated carbocycles. The van der Waals surface area contributed by atoms with Gasteiger partial charge in [0.05, 0.1) is 5.69 Å². The molecule has 94 valence electrons. The van der Waals surface area contributed by atoms with Crippen molar-refractivity contribution in [1.29, 1.82) is 0 Å². The van der Waals surface area contributed by atoms with Crippen molar-refractivity contribution in [3.63, 3.8) is 0 Å². The van der Waals surface area contributed by atoms with E-state index in [1.165, 1.54) is 10.4 Å². The second kappa shape index (κ2) is 5.20. The fourth-order valence-corrected chi connectivity index (χ4v) is 2.89. The fourth-order valence-electron chi connectivity index (χ4n) is 2.00. The van der Waals surface area contributed by atoms with Crippen LogP contribution in [-0.4, -0.2) is 9.97 Å². The number of rotatable bonds is 3. The number of aromatic nitrogens is 2. The van der Waals surface area contributed by atoms with Crippen LogP contribution in [0.1, 0.15) is 10.4 Å². The van der Waals surface area contributed by atoms with Crippen molar-refractivity contribution >= 4 is 16.5 Å². The van der Waals surface area contributed by atoms with E-state index in [4.69, 9.17) is 5.73 Å². The lowest BCUT2D eigenvalue weighted by molar-refractivity contribution is 1.17. The predicted molar refractivity (Wildman–Crippen MR) is 79.0 cm³/mol. The molecule has 0 spiro atoms. The maximum absolute atomic E-state index is 5.86. The van der Waals surface area contributed by atoms with E-state index in [1.807, 2.05) is 30.5 Å². The Balaban J connectivity index is 1.99. The van der Waals surface area contributed by atoms with Crippen LogP contribution >= 0.6 is 11.3 Å². The Morgan fingerprint density at radius 2 is 1.89 bits per heavy atom. The third-order valence-electron chi connectivity index (χ3n) is 2.85. The van der Waals surface area contributed by atoms with Crippen molar-refractivity contribution in [3.05, 3.63) is 65.3 Å². The summed E-state index contributed by atoms with van der Waals surface area (Å²) in [4.78, 5) is 9.77. The van der Waals surface area contributed by atoms with E-state index in [2.05, 4.69) is 28.2 Å². The first-order valence-electron chi connectivity index (χ1n) is 6.02. The Kier molecular flexibility index (Phi) is 3.25. The number of nitrogens with two attached hydrogens (primary N) is 1. The van der Waals surface area contributed by atoms with E-state index in [0.29, 0.717) is 5.13 Å². The molecule has 0 saturated heterocycles. The van der Waals surface area contributed by atoms with E-state index in [1.54, 1.807) is 17.5 Å². The molecule has 3 rings (SSSR count). The molecule has 1 aromatic carbocycles. The van der Waals surface area contributed by atoms with Crippen molar-refractivity contribution in [3.8, 4) is 11.3 Å². The van der Waals surface area contributed by atoms with E-state index < -0.39 is 0 Å². The molecule has 0 radical (unpaired) electrons. The zero-order chi connectivity index (χ0) is 13.1. The van der Waals surface area contributed by atoms with E-state index in [9.17, 15) is 0 Å². The highest BCUT2D eigenvalue weighted by atomic mass is 32.1. The van der Waals surface area contributed by atoms with Crippen molar-refractivity contribution in [2.45, 2.75) is 6.42 Å². The Labute approximate surface area is 115 Å². The average molecular weight is 267 g/mol. The maximum Gasteiger partial charge on any atom is 0.180 e. The van der Waals surface area contributed by atoms with Crippen LogP contribution in [0, 0.1) is 0 Å². The van der Waals surface area contributed by atoms with Gasteiger partial charge in [0.1, 0.15) is 0 Å². The van der Waals surface area contributed by atoms with Gasteiger partial charge in [-0.05, 0) is 11.6 Å². The predicted octanol–water partition coefficient (Wildman–Crippen LogP) is 3.38. The van der Waals surface area contributed by atoms with Gasteiger partial charge in [0, 0.05) is 29.3 Å². The molecule has 0 atom stereocenters. The quantitative estimate of drug-likeness (QED) is 0.791. The Bertz CT molecular complexity index is 662. The van der Waals surface area contributed by atoms with Gasteiger partial charge in [-0.25, -0.2) is 4.98 Å². The summed E-state index contributed by atoms with van der Waals surface area (Å²) >= 11 is 1.54. The molecule has 0 aliphatic heterocycles.